The Balaban J connectivity index is 1.40. The molecule has 0 atom stereocenters. The van der Waals surface area contributed by atoms with E-state index in [1.807, 2.05) is 0 Å². The summed E-state index contributed by atoms with van der Waals surface area (Å²) in [5.41, 5.74) is 8.28. The first-order valence-corrected chi connectivity index (χ1v) is 27.0. The van der Waals surface area contributed by atoms with E-state index in [1.54, 1.807) is 0 Å². The van der Waals surface area contributed by atoms with Crippen LogP contribution in [0.3, 0.4) is 0 Å². The molecule has 6 rings (SSSR count). The molecule has 30 heteroatoms. The molecule has 0 aromatic heterocycles. The first-order valence-electron chi connectivity index (χ1n) is 17.4. The summed E-state index contributed by atoms with van der Waals surface area (Å²) in [6.45, 7) is 0. The van der Waals surface area contributed by atoms with Crippen LogP contribution in [-0.4, -0.2) is 91.4 Å². The number of benzene rings is 6. The van der Waals surface area contributed by atoms with Gasteiger partial charge in [-0.2, -0.15) is 43.9 Å². The van der Waals surface area contributed by atoms with Crippen molar-refractivity contribution in [3.8, 4) is 11.5 Å². The van der Waals surface area contributed by atoms with E-state index in [1.165, 1.54) is 12.1 Å². The minimum atomic E-state index is -5.26. The predicted molar refractivity (Wildman–Crippen MR) is 236 cm³/mol. The van der Waals surface area contributed by atoms with Gasteiger partial charge in [0.15, 0.2) is 31.2 Å². The van der Waals surface area contributed by atoms with Crippen LogP contribution in [0.1, 0.15) is 11.1 Å². The second-order valence-corrected chi connectivity index (χ2v) is 23.6. The van der Waals surface area contributed by atoms with Gasteiger partial charge in [-0.15, -0.1) is 10.2 Å². The molecule has 0 unspecified atom stereocenters. The molecular formula is C36H30N6O18S6. The van der Waals surface area contributed by atoms with Crippen molar-refractivity contribution in [3.05, 3.63) is 83.9 Å². The van der Waals surface area contributed by atoms with E-state index in [-0.39, 0.29) is 38.4 Å². The molecule has 0 spiro atoms. The predicted octanol–water partition coefficient (Wildman–Crippen LogP) is 5.36. The molecule has 10 N–H and O–H groups in total. The van der Waals surface area contributed by atoms with Gasteiger partial charge >= 0.3 is 0 Å². The Bertz CT molecular complexity index is 3660. The van der Waals surface area contributed by atoms with Crippen LogP contribution in [0, 0.1) is 0 Å². The summed E-state index contributed by atoms with van der Waals surface area (Å²) >= 11 is 0. The first kappa shape index (κ1) is 49.0. The molecule has 0 aliphatic rings. The number of phenols is 2. The third-order valence-corrected chi connectivity index (χ3v) is 14.9. The summed E-state index contributed by atoms with van der Waals surface area (Å²) in [7, 11) is -28.5. The van der Waals surface area contributed by atoms with Crippen LogP contribution in [0.2, 0.25) is 0 Å². The van der Waals surface area contributed by atoms with Gasteiger partial charge in [0.2, 0.25) is 0 Å². The summed E-state index contributed by atoms with van der Waals surface area (Å²) in [5, 5.41) is 35.9. The summed E-state index contributed by atoms with van der Waals surface area (Å²) in [6.07, 6.45) is 3.72. The van der Waals surface area contributed by atoms with Crippen LogP contribution in [-0.2, 0) is 60.1 Å². The van der Waals surface area contributed by atoms with E-state index in [0.717, 1.165) is 79.3 Å². The molecule has 0 bridgehead atoms. The fourth-order valence-electron chi connectivity index (χ4n) is 6.34. The molecule has 0 amide bonds. The average Bonchev–Trinajstić information content (AvgIpc) is 3.16. The number of nitrogens with zero attached hydrogens (tertiary/aromatic N) is 4. The zero-order valence-corrected chi connectivity index (χ0v) is 38.0. The molecule has 66 heavy (non-hydrogen) atoms. The van der Waals surface area contributed by atoms with Crippen LogP contribution in [0.15, 0.2) is 123 Å². The standard InChI is InChI=1S/C36H30N6O18S6/c1-61(45,46)27-13-21(39-41-33-29(62(2,47)48)11-19-9-23(63(49,50)51)15-25(37)31(19)35(33)43)7-5-17(27)3-4-18-6-8-22(14-28(18)65(55,56)57)40-42-34-30(66(58,59)60)12-20-10-24(64(52,53)54)16-26(38)32(20)36(34)44/h3-16,43-44H,37-38H2,1-2H3,(H,49,50,51)(H,52,53,54)(H,55,56,57)(H,58,59,60)/b4-3+,41-39+,42-40+. The van der Waals surface area contributed by atoms with Crippen LogP contribution in [0.5, 0.6) is 11.5 Å². The Morgan fingerprint density at radius 1 is 0.439 bits per heavy atom. The van der Waals surface area contributed by atoms with E-state index in [2.05, 4.69) is 20.5 Å². The number of nitrogens with two attached hydrogens (primary N) is 2. The maximum absolute atomic E-state index is 13.0. The van der Waals surface area contributed by atoms with Crippen LogP contribution in [0.25, 0.3) is 33.7 Å². The number of sulfone groups is 2. The third-order valence-electron chi connectivity index (χ3n) is 9.23. The van der Waals surface area contributed by atoms with Crippen molar-refractivity contribution in [2.75, 3.05) is 24.0 Å². The van der Waals surface area contributed by atoms with Crippen molar-refractivity contribution in [1.29, 1.82) is 0 Å². The lowest BCUT2D eigenvalue weighted by Gasteiger charge is -2.12. The van der Waals surface area contributed by atoms with Crippen molar-refractivity contribution in [1.82, 2.24) is 0 Å². The maximum Gasteiger partial charge on any atom is 0.296 e. The summed E-state index contributed by atoms with van der Waals surface area (Å²) in [4.78, 5) is -4.57. The lowest BCUT2D eigenvalue weighted by molar-refractivity contribution is 0.472. The molecule has 0 radical (unpaired) electrons. The highest BCUT2D eigenvalue weighted by atomic mass is 32.2. The van der Waals surface area contributed by atoms with Gasteiger partial charge in [0, 0.05) is 34.7 Å². The van der Waals surface area contributed by atoms with Crippen molar-refractivity contribution in [2.24, 2.45) is 20.5 Å². The van der Waals surface area contributed by atoms with Crippen molar-refractivity contribution < 1.29 is 78.9 Å². The van der Waals surface area contributed by atoms with Gasteiger partial charge in [-0.3, -0.25) is 18.2 Å². The first-order chi connectivity index (χ1) is 30.2. The van der Waals surface area contributed by atoms with Gasteiger partial charge in [0.05, 0.1) is 31.0 Å². The Hall–Kier alpha value is -6.48. The second-order valence-electron chi connectivity index (χ2n) is 14.0. The molecular weight excluding hydrogens is 997 g/mol. The minimum absolute atomic E-state index is 0.0956. The molecule has 0 heterocycles. The van der Waals surface area contributed by atoms with Gasteiger partial charge < -0.3 is 21.7 Å². The number of anilines is 2. The summed E-state index contributed by atoms with van der Waals surface area (Å²) < 4.78 is 187. The topological polar surface area (TPSA) is 428 Å². The highest BCUT2D eigenvalue weighted by molar-refractivity contribution is 7.91. The summed E-state index contributed by atoms with van der Waals surface area (Å²) in [6, 6.07) is 11.0. The quantitative estimate of drug-likeness (QED) is 0.0331. The molecule has 0 saturated heterocycles. The van der Waals surface area contributed by atoms with E-state index in [9.17, 15) is 78.9 Å². The Labute approximate surface area is 374 Å². The lowest BCUT2D eigenvalue weighted by Crippen LogP contribution is -2.02. The molecule has 0 aliphatic carbocycles. The van der Waals surface area contributed by atoms with Crippen LogP contribution < -0.4 is 11.5 Å². The number of fused-ring (bicyclic) bond motifs is 2. The largest absolute Gasteiger partial charge is 0.505 e. The highest BCUT2D eigenvalue weighted by Gasteiger charge is 2.27. The highest BCUT2D eigenvalue weighted by Crippen LogP contribution is 2.46. The molecule has 348 valence electrons. The van der Waals surface area contributed by atoms with Crippen molar-refractivity contribution in [2.45, 2.75) is 29.4 Å². The van der Waals surface area contributed by atoms with Crippen molar-refractivity contribution >= 4 is 128 Å². The lowest BCUT2D eigenvalue weighted by atomic mass is 10.1. The van der Waals surface area contributed by atoms with E-state index in [4.69, 9.17) is 11.5 Å². The zero-order valence-electron chi connectivity index (χ0n) is 33.1. The van der Waals surface area contributed by atoms with Gasteiger partial charge in [0.25, 0.3) is 40.5 Å². The number of hydrogen-bond acceptors (Lipinski definition) is 20. The molecule has 6 aromatic rings. The molecule has 6 aromatic carbocycles. The van der Waals surface area contributed by atoms with Crippen LogP contribution in [0.4, 0.5) is 34.1 Å². The molecule has 0 saturated carbocycles. The van der Waals surface area contributed by atoms with Gasteiger partial charge in [0.1, 0.15) is 21.2 Å². The summed E-state index contributed by atoms with van der Waals surface area (Å²) in [5.74, 6) is -1.90. The smallest absolute Gasteiger partial charge is 0.296 e. The minimum Gasteiger partial charge on any atom is -0.505 e. The second kappa shape index (κ2) is 16.7. The number of rotatable bonds is 12. The fourth-order valence-corrected chi connectivity index (χ4v) is 10.5. The van der Waals surface area contributed by atoms with Gasteiger partial charge in [-0.05, 0) is 82.6 Å². The Kier molecular flexibility index (Phi) is 12.4. The molecule has 24 nitrogen and oxygen atoms in total. The maximum atomic E-state index is 13.0. The monoisotopic (exact) mass is 1030 g/mol. The van der Waals surface area contributed by atoms with Gasteiger partial charge in [-0.25, -0.2) is 16.8 Å². The number of aromatic hydroxyl groups is 2. The zero-order chi connectivity index (χ0) is 49.3. The number of nitrogen functional groups attached to an aromatic ring is 2. The van der Waals surface area contributed by atoms with E-state index in [0.29, 0.717) is 6.07 Å². The Morgan fingerprint density at radius 3 is 1.18 bits per heavy atom. The molecule has 0 fully saturated rings. The third kappa shape index (κ3) is 10.2. The van der Waals surface area contributed by atoms with E-state index < -0.39 is 129 Å². The normalized spacial score (nSPS) is 13.5. The average molecular weight is 1030 g/mol. The Morgan fingerprint density at radius 2 is 0.803 bits per heavy atom. The molecule has 0 aliphatic heterocycles. The van der Waals surface area contributed by atoms with Crippen LogP contribution >= 0.6 is 0 Å². The fraction of sp³-hybridized carbons (Fsp3) is 0.0556. The van der Waals surface area contributed by atoms with Crippen molar-refractivity contribution in [3.63, 3.8) is 0 Å². The number of hydrogen-bond donors (Lipinski definition) is 8. The SMILES string of the molecule is CS(=O)(=O)c1cc(/N=N/c2c(S(C)(=O)=O)cc3cc(S(=O)(=O)O)cc(N)c3c2O)ccc1/C=C/c1ccc(/N=N/c2c(S(=O)(=O)O)cc3cc(S(=O)(=O)O)cc(N)c3c2O)cc1S(=O)(=O)O. The number of phenolic OH excluding ortho intramolecular Hbond substituents is 2. The number of azo groups is 2. The van der Waals surface area contributed by atoms with Gasteiger partial charge in [-0.1, -0.05) is 24.3 Å². The van der Waals surface area contributed by atoms with E-state index >= 15 is 0 Å².